The molecule has 0 saturated carbocycles. The Morgan fingerprint density at radius 3 is 2.53 bits per heavy atom. The number of carbonyl (C=O) groups is 3. The van der Waals surface area contributed by atoms with Gasteiger partial charge in [-0.3, -0.25) is 19.4 Å². The highest BCUT2D eigenvalue weighted by Gasteiger charge is 2.66. The van der Waals surface area contributed by atoms with Gasteiger partial charge in [-0.25, -0.2) is 0 Å². The summed E-state index contributed by atoms with van der Waals surface area (Å²) in [5.74, 6) is -0.869. The van der Waals surface area contributed by atoms with Gasteiger partial charge >= 0.3 is 5.97 Å². The molecule has 0 bridgehead atoms. The van der Waals surface area contributed by atoms with Crippen molar-refractivity contribution in [3.63, 3.8) is 0 Å². The van der Waals surface area contributed by atoms with Crippen molar-refractivity contribution in [1.82, 2.24) is 10.3 Å². The first kappa shape index (κ1) is 32.5. The third-order valence-electron chi connectivity index (χ3n) is 8.02. The predicted molar refractivity (Wildman–Crippen MR) is 172 cm³/mol. The highest BCUT2D eigenvalue weighted by molar-refractivity contribution is 6.31. The fourth-order valence-corrected chi connectivity index (χ4v) is 6.72. The molecule has 1 fully saturated rings. The summed E-state index contributed by atoms with van der Waals surface area (Å²) in [7, 11) is 1.49. The average Bonchev–Trinajstić information content (AvgIpc) is 3.44. The van der Waals surface area contributed by atoms with Crippen LogP contribution in [0.1, 0.15) is 51.3 Å². The van der Waals surface area contributed by atoms with Crippen LogP contribution in [0.15, 0.2) is 54.7 Å². The average molecular weight is 656 g/mol. The molecule has 45 heavy (non-hydrogen) atoms. The minimum atomic E-state index is -1.25. The van der Waals surface area contributed by atoms with E-state index in [4.69, 9.17) is 42.4 Å². The van der Waals surface area contributed by atoms with Crippen molar-refractivity contribution >= 4 is 52.4 Å². The van der Waals surface area contributed by atoms with Crippen LogP contribution in [0, 0.1) is 5.41 Å². The number of hydrogen-bond acceptors (Lipinski definition) is 8. The van der Waals surface area contributed by atoms with Crippen molar-refractivity contribution in [3.05, 3.63) is 76.0 Å². The molecule has 5 rings (SSSR count). The summed E-state index contributed by atoms with van der Waals surface area (Å²) >= 11 is 12.8. The zero-order chi connectivity index (χ0) is 32.5. The van der Waals surface area contributed by atoms with Gasteiger partial charge in [0.15, 0.2) is 0 Å². The molecular formula is C33H36Cl2N4O6. The van der Waals surface area contributed by atoms with Gasteiger partial charge in [-0.05, 0) is 47.7 Å². The number of esters is 1. The van der Waals surface area contributed by atoms with Gasteiger partial charge in [-0.1, -0.05) is 56.1 Å². The summed E-state index contributed by atoms with van der Waals surface area (Å²) in [6.07, 6.45) is 2.09. The third-order valence-corrected chi connectivity index (χ3v) is 8.46. The van der Waals surface area contributed by atoms with Gasteiger partial charge in [0.05, 0.1) is 35.2 Å². The predicted octanol–water partition coefficient (Wildman–Crippen LogP) is 5.73. The summed E-state index contributed by atoms with van der Waals surface area (Å²) in [5, 5.41) is 10.4. The first-order valence-electron chi connectivity index (χ1n) is 14.6. The molecule has 3 heterocycles. The quantitative estimate of drug-likeness (QED) is 0.197. The van der Waals surface area contributed by atoms with Gasteiger partial charge in [-0.15, -0.1) is 0 Å². The number of halogens is 2. The van der Waals surface area contributed by atoms with Gasteiger partial charge in [0.25, 0.3) is 0 Å². The maximum absolute atomic E-state index is 14.3. The molecule has 1 aromatic heterocycles. The Labute approximate surface area is 272 Å². The highest BCUT2D eigenvalue weighted by Crippen LogP contribution is 2.56. The second-order valence-corrected chi connectivity index (χ2v) is 13.3. The maximum Gasteiger partial charge on any atom is 0.302 e. The Hall–Kier alpha value is -3.86. The lowest BCUT2D eigenvalue weighted by Crippen LogP contribution is -2.50. The third kappa shape index (κ3) is 6.59. The number of methoxy groups -OCH3 is 1. The second-order valence-electron chi connectivity index (χ2n) is 12.4. The molecule has 238 valence electrons. The fourth-order valence-electron chi connectivity index (χ4n) is 6.37. The number of fused-ring (bicyclic) bond motifs is 2. The van der Waals surface area contributed by atoms with E-state index in [0.717, 1.165) is 5.56 Å². The number of nitrogens with zero attached hydrogens (tertiary/aromatic N) is 1. The lowest BCUT2D eigenvalue weighted by atomic mass is 9.64. The minimum absolute atomic E-state index is 0.101. The van der Waals surface area contributed by atoms with E-state index in [1.165, 1.54) is 20.2 Å². The molecule has 0 aliphatic carbocycles. The number of amides is 2. The van der Waals surface area contributed by atoms with Gasteiger partial charge in [0.2, 0.25) is 11.8 Å². The second kappa shape index (κ2) is 12.9. The molecule has 3 N–H and O–H groups in total. The smallest absolute Gasteiger partial charge is 0.302 e. The Morgan fingerprint density at radius 1 is 1.07 bits per heavy atom. The van der Waals surface area contributed by atoms with Crippen LogP contribution in [0.5, 0.6) is 11.5 Å². The van der Waals surface area contributed by atoms with E-state index in [0.29, 0.717) is 45.0 Å². The topological polar surface area (TPSA) is 128 Å². The maximum atomic E-state index is 14.3. The van der Waals surface area contributed by atoms with E-state index in [2.05, 4.69) is 36.7 Å². The summed E-state index contributed by atoms with van der Waals surface area (Å²) in [6.45, 7) is 7.86. The monoisotopic (exact) mass is 654 g/mol. The molecular weight excluding hydrogens is 619 g/mol. The van der Waals surface area contributed by atoms with E-state index in [1.807, 2.05) is 12.1 Å². The molecule has 4 atom stereocenters. The summed E-state index contributed by atoms with van der Waals surface area (Å²) in [5.41, 5.74) is 0.729. The molecule has 1 saturated heterocycles. The standard InChI is InChI=1S/C33H36Cl2N4O6/c1-18(40)44-11-12-45-22-9-10-23(25(15-22)43-5)37-30(41)28-27(19-7-6-8-20(34)13-19)33(26(39-28)16-32(2,3)4)29-24(38-31(33)42)14-21(35)17-36-29/h6-10,13-15,17,26-28,39H,11-12,16H2,1-5H3,(H,37,41)(H,38,42)/t26-,27?,28+,33+/m0/s1. The normalized spacial score (nSPS) is 22.1. The van der Waals surface area contributed by atoms with Crippen LogP contribution in [0.4, 0.5) is 11.4 Å². The largest absolute Gasteiger partial charge is 0.494 e. The van der Waals surface area contributed by atoms with Gasteiger partial charge < -0.3 is 30.2 Å². The molecule has 3 aromatic rings. The first-order valence-corrected chi connectivity index (χ1v) is 15.3. The van der Waals surface area contributed by atoms with Gasteiger partial charge in [-0.2, -0.15) is 0 Å². The highest BCUT2D eigenvalue weighted by atomic mass is 35.5. The van der Waals surface area contributed by atoms with Crippen LogP contribution in [0.3, 0.4) is 0 Å². The minimum Gasteiger partial charge on any atom is -0.494 e. The van der Waals surface area contributed by atoms with Crippen molar-refractivity contribution in [3.8, 4) is 11.5 Å². The van der Waals surface area contributed by atoms with Crippen molar-refractivity contribution < 1.29 is 28.6 Å². The van der Waals surface area contributed by atoms with Crippen LogP contribution >= 0.6 is 23.2 Å². The number of hydrogen-bond donors (Lipinski definition) is 3. The summed E-state index contributed by atoms with van der Waals surface area (Å²) in [6, 6.07) is 12.6. The van der Waals surface area contributed by atoms with Crippen molar-refractivity contribution in [2.45, 2.75) is 57.5 Å². The SMILES string of the molecule is COc1cc(OCCOC(C)=O)ccc1NC(=O)[C@@H]1N[C@@H](CC(C)(C)C)[C@@]2(C(=O)Nc3cc(Cl)cnc32)C1c1cccc(Cl)c1. The van der Waals surface area contributed by atoms with Crippen molar-refractivity contribution in [1.29, 1.82) is 0 Å². The number of carbonyl (C=O) groups excluding carboxylic acids is 3. The van der Waals surface area contributed by atoms with Gasteiger partial charge in [0, 0.05) is 36.2 Å². The molecule has 12 heteroatoms. The first-order chi connectivity index (χ1) is 21.3. The van der Waals surface area contributed by atoms with Gasteiger partial charge in [0.1, 0.15) is 30.1 Å². The molecule has 2 amide bonds. The zero-order valence-electron chi connectivity index (χ0n) is 25.7. The van der Waals surface area contributed by atoms with Crippen LogP contribution in [0.25, 0.3) is 0 Å². The Bertz CT molecular complexity index is 1630. The van der Waals surface area contributed by atoms with E-state index >= 15 is 0 Å². The lowest BCUT2D eigenvalue weighted by molar-refractivity contribution is -0.141. The number of anilines is 2. The molecule has 1 unspecified atom stereocenters. The zero-order valence-corrected chi connectivity index (χ0v) is 27.2. The molecule has 2 aliphatic heterocycles. The molecule has 10 nitrogen and oxygen atoms in total. The van der Waals surface area contributed by atoms with Crippen LogP contribution < -0.4 is 25.4 Å². The molecule has 1 spiro atoms. The Balaban J connectivity index is 1.55. The fraction of sp³-hybridized carbons (Fsp3) is 0.394. The number of aromatic nitrogens is 1. The number of ether oxygens (including phenoxy) is 3. The van der Waals surface area contributed by atoms with E-state index in [9.17, 15) is 14.4 Å². The molecule has 2 aliphatic rings. The summed E-state index contributed by atoms with van der Waals surface area (Å²) in [4.78, 5) is 44.3. The Kier molecular flexibility index (Phi) is 9.30. The van der Waals surface area contributed by atoms with Crippen LogP contribution in [0.2, 0.25) is 10.0 Å². The Morgan fingerprint density at radius 2 is 1.84 bits per heavy atom. The van der Waals surface area contributed by atoms with E-state index in [1.54, 1.807) is 36.4 Å². The molecule has 2 aromatic carbocycles. The van der Waals surface area contributed by atoms with Crippen molar-refractivity contribution in [2.24, 2.45) is 5.41 Å². The number of benzene rings is 2. The number of rotatable bonds is 9. The molecule has 0 radical (unpaired) electrons. The van der Waals surface area contributed by atoms with E-state index in [-0.39, 0.29) is 30.4 Å². The lowest BCUT2D eigenvalue weighted by Gasteiger charge is -2.36. The number of pyridine rings is 1. The number of nitrogens with one attached hydrogen (secondary N) is 3. The summed E-state index contributed by atoms with van der Waals surface area (Å²) < 4.78 is 16.2. The van der Waals surface area contributed by atoms with Crippen molar-refractivity contribution in [2.75, 3.05) is 31.0 Å². The van der Waals surface area contributed by atoms with E-state index < -0.39 is 29.4 Å². The van der Waals surface area contributed by atoms with Crippen LogP contribution in [-0.4, -0.2) is 55.2 Å². The van der Waals surface area contributed by atoms with Crippen LogP contribution in [-0.2, 0) is 24.5 Å².